The van der Waals surface area contributed by atoms with Gasteiger partial charge in [0, 0.05) is 6.61 Å². The molecular weight excluding hydrogens is 284 g/mol. The molecule has 0 aliphatic rings. The molecule has 0 fully saturated rings. The minimum absolute atomic E-state index is 0.0868. The number of benzene rings is 1. The molecule has 0 spiro atoms. The van der Waals surface area contributed by atoms with Gasteiger partial charge < -0.3 is 14.3 Å². The molecule has 7 heteroatoms. The van der Waals surface area contributed by atoms with Gasteiger partial charge in [-0.15, -0.1) is 0 Å². The van der Waals surface area contributed by atoms with Gasteiger partial charge in [-0.05, 0) is 30.5 Å². The summed E-state index contributed by atoms with van der Waals surface area (Å²) in [5, 5.41) is 0. The average Bonchev–Trinajstić information content (AvgIpc) is 2.41. The van der Waals surface area contributed by atoms with E-state index in [1.54, 1.807) is 12.1 Å². The Morgan fingerprint density at radius 3 is 2.30 bits per heavy atom. The second-order valence-electron chi connectivity index (χ2n) is 4.08. The number of rotatable bonds is 10. The van der Waals surface area contributed by atoms with Crippen molar-refractivity contribution in [2.45, 2.75) is 17.7 Å². The third-order valence-electron chi connectivity index (χ3n) is 2.53. The molecule has 0 amide bonds. The van der Waals surface area contributed by atoms with Gasteiger partial charge in [-0.25, -0.2) is 0 Å². The van der Waals surface area contributed by atoms with Crippen LogP contribution in [-0.2, 0) is 30.8 Å². The van der Waals surface area contributed by atoms with Gasteiger partial charge in [0.25, 0.3) is 10.1 Å². The van der Waals surface area contributed by atoms with Gasteiger partial charge in [-0.1, -0.05) is 12.1 Å². The molecule has 20 heavy (non-hydrogen) atoms. The maximum Gasteiger partial charge on any atom is 0.294 e. The van der Waals surface area contributed by atoms with Crippen molar-refractivity contribution in [3.8, 4) is 0 Å². The molecule has 0 aliphatic carbocycles. The fourth-order valence-corrected chi connectivity index (χ4v) is 2.04. The number of ether oxygens (including phenoxy) is 2. The van der Waals surface area contributed by atoms with Gasteiger partial charge in [0.15, 0.2) is 0 Å². The highest BCUT2D eigenvalue weighted by Gasteiger charge is 2.08. The molecular formula is C13H18O6S. The Balaban J connectivity index is 2.18. The van der Waals surface area contributed by atoms with Crippen molar-refractivity contribution in [2.75, 3.05) is 26.4 Å². The van der Waals surface area contributed by atoms with Crippen LogP contribution in [-0.4, -0.2) is 45.7 Å². The van der Waals surface area contributed by atoms with Crippen molar-refractivity contribution in [2.24, 2.45) is 0 Å². The Kier molecular flexibility index (Phi) is 7.38. The van der Waals surface area contributed by atoms with E-state index in [9.17, 15) is 13.2 Å². The second-order valence-corrected chi connectivity index (χ2v) is 5.50. The van der Waals surface area contributed by atoms with Crippen LogP contribution in [0.15, 0.2) is 29.2 Å². The predicted molar refractivity (Wildman–Crippen MR) is 72.3 cm³/mol. The fraction of sp³-hybridized carbons (Fsp3) is 0.462. The van der Waals surface area contributed by atoms with E-state index in [0.29, 0.717) is 26.1 Å². The third-order valence-corrected chi connectivity index (χ3v) is 3.40. The monoisotopic (exact) mass is 302 g/mol. The zero-order chi connectivity index (χ0) is 14.8. The zero-order valence-electron chi connectivity index (χ0n) is 11.0. The minimum atomic E-state index is -4.12. The van der Waals surface area contributed by atoms with E-state index in [2.05, 4.69) is 0 Å². The lowest BCUT2D eigenvalue weighted by Crippen LogP contribution is -2.07. The summed E-state index contributed by atoms with van der Waals surface area (Å²) in [6.45, 7) is 1.48. The van der Waals surface area contributed by atoms with Gasteiger partial charge in [-0.2, -0.15) is 8.42 Å². The van der Waals surface area contributed by atoms with Crippen LogP contribution in [0.3, 0.4) is 0 Å². The van der Waals surface area contributed by atoms with Gasteiger partial charge >= 0.3 is 0 Å². The number of carbonyl (C=O) groups excluding carboxylic acids is 1. The second kappa shape index (κ2) is 8.80. The molecule has 0 aromatic heterocycles. The summed E-state index contributed by atoms with van der Waals surface area (Å²) in [6, 6.07) is 6.07. The lowest BCUT2D eigenvalue weighted by molar-refractivity contribution is -0.112. The highest BCUT2D eigenvalue weighted by molar-refractivity contribution is 7.85. The van der Waals surface area contributed by atoms with Crippen LogP contribution >= 0.6 is 0 Å². The third kappa shape index (κ3) is 6.76. The first-order valence-electron chi connectivity index (χ1n) is 6.19. The summed E-state index contributed by atoms with van der Waals surface area (Å²) < 4.78 is 40.8. The smallest absolute Gasteiger partial charge is 0.294 e. The number of carbonyl (C=O) groups is 1. The summed E-state index contributed by atoms with van der Waals surface area (Å²) in [5.74, 6) is 0. The van der Waals surface area contributed by atoms with Crippen LogP contribution in [0.25, 0.3) is 0 Å². The van der Waals surface area contributed by atoms with E-state index in [1.165, 1.54) is 12.1 Å². The molecule has 0 bridgehead atoms. The molecule has 1 aromatic carbocycles. The first-order chi connectivity index (χ1) is 9.54. The molecule has 0 saturated heterocycles. The number of hydrogen-bond donors (Lipinski definition) is 1. The number of aryl methyl sites for hydroxylation is 1. The van der Waals surface area contributed by atoms with Gasteiger partial charge in [-0.3, -0.25) is 4.55 Å². The van der Waals surface area contributed by atoms with Crippen LogP contribution in [0.5, 0.6) is 0 Å². The summed E-state index contributed by atoms with van der Waals surface area (Å²) in [5.41, 5.74) is 0.971. The van der Waals surface area contributed by atoms with Crippen molar-refractivity contribution in [1.29, 1.82) is 0 Å². The molecule has 1 aromatic rings. The van der Waals surface area contributed by atoms with E-state index < -0.39 is 10.1 Å². The van der Waals surface area contributed by atoms with E-state index >= 15 is 0 Å². The quantitative estimate of drug-likeness (QED) is 0.395. The van der Waals surface area contributed by atoms with Crippen molar-refractivity contribution in [3.05, 3.63) is 29.8 Å². The number of hydrogen-bond acceptors (Lipinski definition) is 5. The van der Waals surface area contributed by atoms with Crippen molar-refractivity contribution in [1.82, 2.24) is 0 Å². The van der Waals surface area contributed by atoms with Crippen LogP contribution in [0.1, 0.15) is 12.0 Å². The molecule has 112 valence electrons. The van der Waals surface area contributed by atoms with Crippen LogP contribution in [0, 0.1) is 0 Å². The summed E-state index contributed by atoms with van der Waals surface area (Å²) >= 11 is 0. The van der Waals surface area contributed by atoms with Crippen LogP contribution < -0.4 is 0 Å². The maximum absolute atomic E-state index is 10.9. The normalized spacial score (nSPS) is 11.4. The van der Waals surface area contributed by atoms with Gasteiger partial charge in [0.05, 0.1) is 18.1 Å². The Hall–Kier alpha value is -1.28. The summed E-state index contributed by atoms with van der Waals surface area (Å²) in [4.78, 5) is 9.86. The molecule has 0 saturated carbocycles. The Morgan fingerprint density at radius 2 is 1.70 bits per heavy atom. The molecule has 0 unspecified atom stereocenters. The van der Waals surface area contributed by atoms with E-state index in [1.807, 2.05) is 0 Å². The minimum Gasteiger partial charge on any atom is -0.379 e. The predicted octanol–water partition coefficient (Wildman–Crippen LogP) is 1.10. The Bertz CT molecular complexity index is 494. The van der Waals surface area contributed by atoms with E-state index in [-0.39, 0.29) is 11.5 Å². The molecule has 0 heterocycles. The van der Waals surface area contributed by atoms with E-state index in [0.717, 1.165) is 18.4 Å². The standard InChI is InChI=1S/C13H18O6S/c14-7-9-19-11-10-18-8-1-2-12-3-5-13(6-4-12)20(15,16)17/h3-7H,1-2,8-11H2,(H,15,16,17). The van der Waals surface area contributed by atoms with Gasteiger partial charge in [0.1, 0.15) is 12.9 Å². The lowest BCUT2D eigenvalue weighted by atomic mass is 10.1. The number of aldehydes is 1. The first-order valence-corrected chi connectivity index (χ1v) is 7.63. The SMILES string of the molecule is O=CCOCCOCCCc1ccc(S(=O)(=O)O)cc1. The lowest BCUT2D eigenvalue weighted by Gasteiger charge is -2.05. The zero-order valence-corrected chi connectivity index (χ0v) is 11.8. The van der Waals surface area contributed by atoms with Crippen LogP contribution in [0.4, 0.5) is 0 Å². The Labute approximate surface area is 118 Å². The molecule has 0 radical (unpaired) electrons. The van der Waals surface area contributed by atoms with Crippen LogP contribution in [0.2, 0.25) is 0 Å². The highest BCUT2D eigenvalue weighted by atomic mass is 32.2. The first kappa shape index (κ1) is 16.8. The maximum atomic E-state index is 10.9. The molecule has 0 atom stereocenters. The largest absolute Gasteiger partial charge is 0.379 e. The molecule has 1 N–H and O–H groups in total. The Morgan fingerprint density at radius 1 is 1.05 bits per heavy atom. The highest BCUT2D eigenvalue weighted by Crippen LogP contribution is 2.11. The average molecular weight is 302 g/mol. The van der Waals surface area contributed by atoms with Gasteiger partial charge in [0.2, 0.25) is 0 Å². The van der Waals surface area contributed by atoms with Crippen molar-refractivity contribution >= 4 is 16.4 Å². The van der Waals surface area contributed by atoms with Crippen molar-refractivity contribution < 1.29 is 27.2 Å². The van der Waals surface area contributed by atoms with Crippen molar-refractivity contribution in [3.63, 3.8) is 0 Å². The van der Waals surface area contributed by atoms with E-state index in [4.69, 9.17) is 14.0 Å². The summed E-state index contributed by atoms with van der Waals surface area (Å²) in [6.07, 6.45) is 2.23. The molecule has 0 aliphatic heterocycles. The molecule has 1 rings (SSSR count). The topological polar surface area (TPSA) is 89.9 Å². The molecule has 6 nitrogen and oxygen atoms in total. The fourth-order valence-electron chi connectivity index (χ4n) is 1.56. The summed E-state index contributed by atoms with van der Waals surface area (Å²) in [7, 11) is -4.12.